The van der Waals surface area contributed by atoms with Crippen LogP contribution in [0.3, 0.4) is 0 Å². The Hall–Kier alpha value is -3.10. The van der Waals surface area contributed by atoms with Crippen LogP contribution in [0.1, 0.15) is 34.0 Å². The number of nitrogens with zero attached hydrogens (tertiary/aromatic N) is 2. The van der Waals surface area contributed by atoms with E-state index in [1.54, 1.807) is 24.0 Å². The van der Waals surface area contributed by atoms with E-state index in [2.05, 4.69) is 20.8 Å². The number of hydrogen-bond acceptors (Lipinski definition) is 5. The van der Waals surface area contributed by atoms with Gasteiger partial charge in [-0.25, -0.2) is 8.78 Å². The van der Waals surface area contributed by atoms with Crippen LogP contribution >= 0.6 is 15.9 Å². The molecule has 36 heavy (non-hydrogen) atoms. The van der Waals surface area contributed by atoms with Crippen LogP contribution in [-0.2, 0) is 29.2 Å². The van der Waals surface area contributed by atoms with E-state index in [1.165, 1.54) is 18.2 Å². The number of halogens is 3. The van der Waals surface area contributed by atoms with Crippen LogP contribution in [0.5, 0.6) is 0 Å². The number of benzene rings is 3. The summed E-state index contributed by atoms with van der Waals surface area (Å²) >= 11 is 3.62. The van der Waals surface area contributed by atoms with Gasteiger partial charge in [-0.1, -0.05) is 52.3 Å². The molecule has 0 saturated carbocycles. The number of esters is 1. The number of fused-ring (bicyclic) bond motifs is 1. The van der Waals surface area contributed by atoms with Crippen LogP contribution in [0, 0.1) is 17.6 Å². The highest BCUT2D eigenvalue weighted by atomic mass is 79.9. The Morgan fingerprint density at radius 1 is 1.08 bits per heavy atom. The minimum absolute atomic E-state index is 0.0296. The van der Waals surface area contributed by atoms with Crippen molar-refractivity contribution in [3.05, 3.63) is 99.0 Å². The molecule has 188 valence electrons. The van der Waals surface area contributed by atoms with Gasteiger partial charge in [-0.15, -0.1) is 0 Å². The minimum Gasteiger partial charge on any atom is -0.465 e. The number of anilines is 1. The molecule has 8 heteroatoms. The smallest absolute Gasteiger partial charge is 0.318 e. The molecule has 0 spiro atoms. The van der Waals surface area contributed by atoms with Crippen molar-refractivity contribution in [2.75, 3.05) is 25.1 Å². The van der Waals surface area contributed by atoms with Crippen LogP contribution in [-0.4, -0.2) is 36.9 Å². The third-order valence-corrected chi connectivity index (χ3v) is 6.95. The Balaban J connectivity index is 1.68. The molecule has 0 N–H and O–H groups in total. The van der Waals surface area contributed by atoms with Crippen molar-refractivity contribution in [3.8, 4) is 0 Å². The molecule has 1 atom stereocenters. The van der Waals surface area contributed by atoms with Crippen LogP contribution in [0.25, 0.3) is 0 Å². The fourth-order valence-electron chi connectivity index (χ4n) is 4.47. The van der Waals surface area contributed by atoms with Gasteiger partial charge in [-0.05, 0) is 49.4 Å². The highest BCUT2D eigenvalue weighted by Crippen LogP contribution is 2.37. The molecule has 0 radical (unpaired) electrons. The van der Waals surface area contributed by atoms with E-state index >= 15 is 0 Å². The Morgan fingerprint density at radius 2 is 1.78 bits per heavy atom. The summed E-state index contributed by atoms with van der Waals surface area (Å²) in [7, 11) is 1.98. The first-order chi connectivity index (χ1) is 17.3. The van der Waals surface area contributed by atoms with E-state index in [0.29, 0.717) is 24.3 Å². The Kier molecular flexibility index (Phi) is 8.16. The van der Waals surface area contributed by atoms with Crippen molar-refractivity contribution >= 4 is 33.4 Å². The molecule has 1 unspecified atom stereocenters. The molecule has 5 nitrogen and oxygen atoms in total. The lowest BCUT2D eigenvalue weighted by Crippen LogP contribution is -2.43. The highest BCUT2D eigenvalue weighted by Gasteiger charge is 2.38. The van der Waals surface area contributed by atoms with E-state index in [4.69, 9.17) is 4.74 Å². The zero-order chi connectivity index (χ0) is 25.8. The van der Waals surface area contributed by atoms with Crippen molar-refractivity contribution in [1.82, 2.24) is 4.90 Å². The summed E-state index contributed by atoms with van der Waals surface area (Å²) in [5.41, 5.74) is 2.75. The Morgan fingerprint density at radius 3 is 2.44 bits per heavy atom. The number of hydrogen-bond donors (Lipinski definition) is 0. The predicted molar refractivity (Wildman–Crippen MR) is 138 cm³/mol. The lowest BCUT2D eigenvalue weighted by Gasteiger charge is -2.35. The predicted octanol–water partition coefficient (Wildman–Crippen LogP) is 5.74. The average Bonchev–Trinajstić information content (AvgIpc) is 2.84. The Labute approximate surface area is 217 Å². The Bertz CT molecular complexity index is 1250. The fraction of sp³-hybridized carbons (Fsp3) is 0.286. The molecule has 1 aliphatic rings. The maximum Gasteiger partial charge on any atom is 0.318 e. The van der Waals surface area contributed by atoms with Gasteiger partial charge in [-0.2, -0.15) is 0 Å². The zero-order valence-electron chi connectivity index (χ0n) is 20.1. The van der Waals surface area contributed by atoms with Crippen molar-refractivity contribution in [3.63, 3.8) is 0 Å². The van der Waals surface area contributed by atoms with E-state index in [0.717, 1.165) is 15.6 Å². The normalized spacial score (nSPS) is 15.2. The van der Waals surface area contributed by atoms with Crippen molar-refractivity contribution in [2.45, 2.75) is 26.6 Å². The molecule has 0 saturated heterocycles. The third kappa shape index (κ3) is 5.65. The summed E-state index contributed by atoms with van der Waals surface area (Å²) in [6.45, 7) is 2.90. The number of rotatable bonds is 8. The number of ketones is 1. The van der Waals surface area contributed by atoms with Crippen molar-refractivity contribution < 1.29 is 23.1 Å². The molecular weight excluding hydrogens is 530 g/mol. The standard InChI is InChI=1S/C28H27BrF2N2O3/c1-3-36-28(35)22-17-33(16-21-24(30)10-7-11-25(21)31)26-13-23(29)19(12-20(26)27(22)34)15-32(2)14-18-8-5-4-6-9-18/h4-13,22H,3,14-17H2,1-2H3. The zero-order valence-corrected chi connectivity index (χ0v) is 21.7. The highest BCUT2D eigenvalue weighted by molar-refractivity contribution is 9.10. The quantitative estimate of drug-likeness (QED) is 0.261. The van der Waals surface area contributed by atoms with Gasteiger partial charge in [0.1, 0.15) is 17.6 Å². The van der Waals surface area contributed by atoms with E-state index in [-0.39, 0.29) is 31.0 Å². The molecule has 0 aromatic heterocycles. The van der Waals surface area contributed by atoms with E-state index in [9.17, 15) is 18.4 Å². The molecule has 1 aliphatic heterocycles. The average molecular weight is 557 g/mol. The maximum atomic E-state index is 14.5. The van der Waals surface area contributed by atoms with Gasteiger partial charge in [0.25, 0.3) is 0 Å². The van der Waals surface area contributed by atoms with Gasteiger partial charge in [0, 0.05) is 47.5 Å². The van der Waals surface area contributed by atoms with Gasteiger partial charge in [0.2, 0.25) is 0 Å². The molecule has 4 rings (SSSR count). The molecule has 1 heterocycles. The summed E-state index contributed by atoms with van der Waals surface area (Å²) in [5, 5.41) is 0. The van der Waals surface area contributed by atoms with Gasteiger partial charge in [0.05, 0.1) is 6.61 Å². The first kappa shape index (κ1) is 26.0. The fourth-order valence-corrected chi connectivity index (χ4v) is 4.92. The van der Waals surface area contributed by atoms with Crippen LogP contribution < -0.4 is 4.90 Å². The summed E-state index contributed by atoms with van der Waals surface area (Å²) in [5.74, 6) is -3.44. The second kappa shape index (κ2) is 11.3. The van der Waals surface area contributed by atoms with Gasteiger partial charge in [-0.3, -0.25) is 14.5 Å². The SMILES string of the molecule is CCOC(=O)C1CN(Cc2c(F)cccc2F)c2cc(Br)c(CN(C)Cc3ccccc3)cc2C1=O. The largest absolute Gasteiger partial charge is 0.465 e. The summed E-state index contributed by atoms with van der Waals surface area (Å²) in [6, 6.07) is 17.3. The second-order valence-electron chi connectivity index (χ2n) is 8.87. The molecule has 3 aromatic carbocycles. The molecule has 0 aliphatic carbocycles. The number of carbonyl (C=O) groups excluding carboxylic acids is 2. The summed E-state index contributed by atoms with van der Waals surface area (Å²) in [6.07, 6.45) is 0. The molecule has 0 bridgehead atoms. The van der Waals surface area contributed by atoms with Crippen LogP contribution in [0.15, 0.2) is 65.1 Å². The first-order valence-electron chi connectivity index (χ1n) is 11.7. The van der Waals surface area contributed by atoms with Gasteiger partial charge < -0.3 is 9.64 Å². The van der Waals surface area contributed by atoms with E-state index in [1.807, 2.05) is 37.4 Å². The lowest BCUT2D eigenvalue weighted by molar-refractivity contribution is -0.145. The molecule has 0 amide bonds. The lowest BCUT2D eigenvalue weighted by atomic mass is 9.89. The monoisotopic (exact) mass is 556 g/mol. The van der Waals surface area contributed by atoms with Crippen LogP contribution in [0.2, 0.25) is 0 Å². The second-order valence-corrected chi connectivity index (χ2v) is 9.72. The minimum atomic E-state index is -1.08. The number of ether oxygens (including phenoxy) is 1. The third-order valence-electron chi connectivity index (χ3n) is 6.21. The van der Waals surface area contributed by atoms with Gasteiger partial charge in [0.15, 0.2) is 5.78 Å². The van der Waals surface area contributed by atoms with Gasteiger partial charge >= 0.3 is 5.97 Å². The number of carbonyl (C=O) groups is 2. The summed E-state index contributed by atoms with van der Waals surface area (Å²) < 4.78 is 34.8. The molecule has 0 fully saturated rings. The van der Waals surface area contributed by atoms with Crippen molar-refractivity contribution in [2.24, 2.45) is 5.92 Å². The molecular formula is C28H27BrF2N2O3. The summed E-state index contributed by atoms with van der Waals surface area (Å²) in [4.78, 5) is 29.8. The topological polar surface area (TPSA) is 49.9 Å². The maximum absolute atomic E-state index is 14.5. The van der Waals surface area contributed by atoms with Crippen molar-refractivity contribution in [1.29, 1.82) is 0 Å². The van der Waals surface area contributed by atoms with E-state index < -0.39 is 23.5 Å². The first-order valence-corrected chi connectivity index (χ1v) is 12.5. The van der Waals surface area contributed by atoms with Crippen LogP contribution in [0.4, 0.5) is 14.5 Å². The molecule has 3 aromatic rings. The number of Topliss-reactive ketones (excluding diaryl/α,β-unsaturated/α-hetero) is 1.